The predicted molar refractivity (Wildman–Crippen MR) is 122 cm³/mol. The molecular formula is C25H33N3O4. The van der Waals surface area contributed by atoms with E-state index in [1.807, 2.05) is 26.0 Å². The van der Waals surface area contributed by atoms with E-state index >= 15 is 0 Å². The first-order valence-electron chi connectivity index (χ1n) is 11.6. The minimum atomic E-state index is -0.726. The molecule has 3 N–H and O–H groups in total. The Morgan fingerprint density at radius 3 is 2.56 bits per heavy atom. The van der Waals surface area contributed by atoms with Crippen LogP contribution in [-0.2, 0) is 25.5 Å². The molecule has 0 bridgehead atoms. The highest BCUT2D eigenvalue weighted by molar-refractivity contribution is 5.93. The standard InChI is InChI=1S/C25H33N3O4/c1-16(2)11-20-23(30)26-13-25(14-32-15-25)10-9-22(29)27-21(24(31)28-20)12-18-8-7-17-5-3-4-6-19(17)18/h3-6,8,16,20-21H,7,9-15H2,1-2H3,(H,26,30)(H,27,29)(H,28,31)/t20-,21-/m0/s1. The molecule has 2 aliphatic heterocycles. The minimum Gasteiger partial charge on any atom is -0.380 e. The number of hydrogen-bond donors (Lipinski definition) is 3. The zero-order chi connectivity index (χ0) is 22.7. The van der Waals surface area contributed by atoms with Crippen LogP contribution in [0.2, 0.25) is 0 Å². The van der Waals surface area contributed by atoms with Gasteiger partial charge in [0, 0.05) is 24.8 Å². The molecule has 0 aromatic heterocycles. The van der Waals surface area contributed by atoms with Crippen LogP contribution in [0.4, 0.5) is 0 Å². The highest BCUT2D eigenvalue weighted by Crippen LogP contribution is 2.33. The van der Waals surface area contributed by atoms with E-state index in [1.165, 1.54) is 5.56 Å². The summed E-state index contributed by atoms with van der Waals surface area (Å²) >= 11 is 0. The third kappa shape index (κ3) is 5.04. The molecule has 2 saturated heterocycles. The number of hydrogen-bond acceptors (Lipinski definition) is 4. The van der Waals surface area contributed by atoms with Crippen molar-refractivity contribution in [2.75, 3.05) is 19.8 Å². The van der Waals surface area contributed by atoms with Gasteiger partial charge in [-0.25, -0.2) is 0 Å². The van der Waals surface area contributed by atoms with E-state index in [-0.39, 0.29) is 29.1 Å². The highest BCUT2D eigenvalue weighted by Gasteiger charge is 2.40. The summed E-state index contributed by atoms with van der Waals surface area (Å²) in [4.78, 5) is 39.0. The normalized spacial score (nSPS) is 25.6. The zero-order valence-corrected chi connectivity index (χ0v) is 18.9. The number of benzene rings is 1. The van der Waals surface area contributed by atoms with Gasteiger partial charge in [-0.2, -0.15) is 0 Å². The summed E-state index contributed by atoms with van der Waals surface area (Å²) in [6.45, 7) is 5.58. The average Bonchev–Trinajstić information content (AvgIpc) is 3.13. The van der Waals surface area contributed by atoms with Gasteiger partial charge in [0.15, 0.2) is 0 Å². The molecular weight excluding hydrogens is 406 g/mol. The van der Waals surface area contributed by atoms with E-state index in [4.69, 9.17) is 4.74 Å². The number of nitrogens with one attached hydrogen (secondary N) is 3. The van der Waals surface area contributed by atoms with Gasteiger partial charge in [0.25, 0.3) is 0 Å². The number of rotatable bonds is 4. The van der Waals surface area contributed by atoms with Gasteiger partial charge in [-0.3, -0.25) is 14.4 Å². The molecule has 0 unspecified atom stereocenters. The van der Waals surface area contributed by atoms with Crippen molar-refractivity contribution in [3.63, 3.8) is 0 Å². The molecule has 2 atom stereocenters. The summed E-state index contributed by atoms with van der Waals surface area (Å²) < 4.78 is 5.40. The van der Waals surface area contributed by atoms with E-state index in [0.29, 0.717) is 45.4 Å². The first-order chi connectivity index (χ1) is 15.3. The Bertz CT molecular complexity index is 920. The van der Waals surface area contributed by atoms with Crippen molar-refractivity contribution < 1.29 is 19.1 Å². The molecule has 0 saturated carbocycles. The number of amides is 3. The third-order valence-electron chi connectivity index (χ3n) is 6.68. The zero-order valence-electron chi connectivity index (χ0n) is 18.9. The highest BCUT2D eigenvalue weighted by atomic mass is 16.5. The lowest BCUT2D eigenvalue weighted by atomic mass is 9.80. The first-order valence-corrected chi connectivity index (χ1v) is 11.6. The number of allylic oxidation sites excluding steroid dienone is 1. The molecule has 2 heterocycles. The van der Waals surface area contributed by atoms with Crippen LogP contribution >= 0.6 is 0 Å². The molecule has 7 heteroatoms. The molecule has 4 rings (SSSR count). The monoisotopic (exact) mass is 439 g/mol. The van der Waals surface area contributed by atoms with E-state index in [0.717, 1.165) is 17.6 Å². The fourth-order valence-electron chi connectivity index (χ4n) is 4.72. The second-order valence-corrected chi connectivity index (χ2v) is 9.82. The van der Waals surface area contributed by atoms with Gasteiger partial charge in [-0.1, -0.05) is 44.2 Å². The second kappa shape index (κ2) is 9.45. The van der Waals surface area contributed by atoms with Crippen LogP contribution in [0.3, 0.4) is 0 Å². The molecule has 7 nitrogen and oxygen atoms in total. The summed E-state index contributed by atoms with van der Waals surface area (Å²) in [5, 5.41) is 8.88. The van der Waals surface area contributed by atoms with E-state index in [9.17, 15) is 14.4 Å². The van der Waals surface area contributed by atoms with Crippen LogP contribution in [-0.4, -0.2) is 49.6 Å². The third-order valence-corrected chi connectivity index (χ3v) is 6.68. The maximum atomic E-state index is 13.3. The van der Waals surface area contributed by atoms with Gasteiger partial charge >= 0.3 is 0 Å². The molecule has 172 valence electrons. The number of carbonyl (C=O) groups is 3. The van der Waals surface area contributed by atoms with Gasteiger partial charge < -0.3 is 20.7 Å². The molecule has 1 aliphatic carbocycles. The van der Waals surface area contributed by atoms with Crippen LogP contribution in [0.1, 0.15) is 50.7 Å². The summed E-state index contributed by atoms with van der Waals surface area (Å²) in [7, 11) is 0. The van der Waals surface area contributed by atoms with Gasteiger partial charge in [-0.15, -0.1) is 0 Å². The molecule has 3 amide bonds. The number of fused-ring (bicyclic) bond motifs is 1. The van der Waals surface area contributed by atoms with Gasteiger partial charge in [0.05, 0.1) is 13.2 Å². The summed E-state index contributed by atoms with van der Waals surface area (Å²) in [6.07, 6.45) is 4.81. The summed E-state index contributed by atoms with van der Waals surface area (Å²) in [5.41, 5.74) is 3.21. The molecule has 3 aliphatic rings. The lowest BCUT2D eigenvalue weighted by Gasteiger charge is -2.42. The van der Waals surface area contributed by atoms with Crippen LogP contribution in [0, 0.1) is 11.3 Å². The topological polar surface area (TPSA) is 96.5 Å². The molecule has 2 fully saturated rings. The van der Waals surface area contributed by atoms with Gasteiger partial charge in [0.2, 0.25) is 17.7 Å². The predicted octanol–water partition coefficient (Wildman–Crippen LogP) is 1.96. The average molecular weight is 440 g/mol. The van der Waals surface area contributed by atoms with E-state index < -0.39 is 12.1 Å². The van der Waals surface area contributed by atoms with E-state index in [2.05, 4.69) is 34.2 Å². The summed E-state index contributed by atoms with van der Waals surface area (Å²) in [5.74, 6) is -0.394. The largest absolute Gasteiger partial charge is 0.380 e. The SMILES string of the molecule is CC(C)C[C@@H]1NC(=O)[C@H](CC2=CCc3ccccc32)NC(=O)CCC2(CNC1=O)COC2. The molecule has 32 heavy (non-hydrogen) atoms. The molecule has 1 aromatic carbocycles. The molecule has 0 radical (unpaired) electrons. The van der Waals surface area contributed by atoms with Crippen molar-refractivity contribution in [1.29, 1.82) is 0 Å². The Kier molecular flexibility index (Phi) is 6.65. The summed E-state index contributed by atoms with van der Waals surface area (Å²) in [6, 6.07) is 6.77. The Balaban J connectivity index is 1.55. The smallest absolute Gasteiger partial charge is 0.243 e. The Hall–Kier alpha value is -2.67. The maximum absolute atomic E-state index is 13.3. The Morgan fingerprint density at radius 2 is 1.84 bits per heavy atom. The van der Waals surface area contributed by atoms with Crippen molar-refractivity contribution in [2.24, 2.45) is 11.3 Å². The van der Waals surface area contributed by atoms with Crippen molar-refractivity contribution in [3.05, 3.63) is 41.5 Å². The van der Waals surface area contributed by atoms with Crippen LogP contribution in [0.25, 0.3) is 5.57 Å². The molecule has 1 spiro atoms. The number of carbonyl (C=O) groups excluding carboxylic acids is 3. The fourth-order valence-corrected chi connectivity index (χ4v) is 4.72. The lowest BCUT2D eigenvalue weighted by molar-refractivity contribution is -0.140. The van der Waals surface area contributed by atoms with Crippen LogP contribution in [0.15, 0.2) is 30.3 Å². The Morgan fingerprint density at radius 1 is 1.06 bits per heavy atom. The minimum absolute atomic E-state index is 0.143. The van der Waals surface area contributed by atoms with Crippen LogP contribution < -0.4 is 16.0 Å². The van der Waals surface area contributed by atoms with Gasteiger partial charge in [0.1, 0.15) is 12.1 Å². The van der Waals surface area contributed by atoms with Crippen LogP contribution in [0.5, 0.6) is 0 Å². The van der Waals surface area contributed by atoms with Gasteiger partial charge in [-0.05, 0) is 41.9 Å². The first kappa shape index (κ1) is 22.5. The van der Waals surface area contributed by atoms with Crippen molar-refractivity contribution in [3.8, 4) is 0 Å². The second-order valence-electron chi connectivity index (χ2n) is 9.82. The molecule has 1 aromatic rings. The Labute approximate surface area is 189 Å². The van der Waals surface area contributed by atoms with Crippen molar-refractivity contribution in [2.45, 2.75) is 58.0 Å². The lowest BCUT2D eigenvalue weighted by Crippen LogP contribution is -2.58. The fraction of sp³-hybridized carbons (Fsp3) is 0.560. The number of ether oxygens (including phenoxy) is 1. The van der Waals surface area contributed by atoms with E-state index in [1.54, 1.807) is 0 Å². The quantitative estimate of drug-likeness (QED) is 0.668. The van der Waals surface area contributed by atoms with Crippen molar-refractivity contribution in [1.82, 2.24) is 16.0 Å². The maximum Gasteiger partial charge on any atom is 0.243 e. The van der Waals surface area contributed by atoms with Crippen molar-refractivity contribution >= 4 is 23.3 Å².